The molecule has 1 aliphatic carbocycles. The Hall–Kier alpha value is -0.280. The Morgan fingerprint density at radius 1 is 1.47 bits per heavy atom. The second kappa shape index (κ2) is 6.05. The molecule has 0 bridgehead atoms. The van der Waals surface area contributed by atoms with Gasteiger partial charge in [-0.3, -0.25) is 4.79 Å². The molecule has 0 heterocycles. The first-order valence-electron chi connectivity index (χ1n) is 6.26. The maximum Gasteiger partial charge on any atom is 0.225 e. The fourth-order valence-corrected chi connectivity index (χ4v) is 1.94. The van der Waals surface area contributed by atoms with Gasteiger partial charge in [-0.15, -0.1) is 12.4 Å². The van der Waals surface area contributed by atoms with Crippen molar-refractivity contribution in [3.05, 3.63) is 0 Å². The van der Waals surface area contributed by atoms with E-state index in [0.717, 1.165) is 19.4 Å². The summed E-state index contributed by atoms with van der Waals surface area (Å²) in [7, 11) is 1.89. The largest absolute Gasteiger partial charge is 0.345 e. The van der Waals surface area contributed by atoms with Crippen LogP contribution in [0.2, 0.25) is 0 Å². The zero-order valence-corrected chi connectivity index (χ0v) is 12.5. The van der Waals surface area contributed by atoms with Crippen molar-refractivity contribution in [3.8, 4) is 0 Å². The SMILES string of the molecule is CC(C)C(N)CCN(C)C(=O)C1CC1(C)C.Cl. The lowest BCUT2D eigenvalue weighted by atomic mass is 10.0. The third-order valence-electron chi connectivity index (χ3n) is 3.84. The molecule has 17 heavy (non-hydrogen) atoms. The van der Waals surface area contributed by atoms with Crippen LogP contribution >= 0.6 is 12.4 Å². The number of halogens is 1. The van der Waals surface area contributed by atoms with E-state index < -0.39 is 0 Å². The first kappa shape index (κ1) is 16.7. The molecule has 0 radical (unpaired) electrons. The Balaban J connectivity index is 0.00000256. The summed E-state index contributed by atoms with van der Waals surface area (Å²) in [5.74, 6) is 1.02. The van der Waals surface area contributed by atoms with Crippen LogP contribution in [-0.4, -0.2) is 30.4 Å². The second-order valence-electron chi connectivity index (χ2n) is 6.20. The second-order valence-corrected chi connectivity index (χ2v) is 6.20. The molecule has 0 spiro atoms. The lowest BCUT2D eigenvalue weighted by molar-refractivity contribution is -0.132. The maximum absolute atomic E-state index is 12.0. The van der Waals surface area contributed by atoms with E-state index in [2.05, 4.69) is 27.7 Å². The lowest BCUT2D eigenvalue weighted by Gasteiger charge is -2.22. The molecule has 1 amide bonds. The summed E-state index contributed by atoms with van der Waals surface area (Å²) >= 11 is 0. The zero-order valence-electron chi connectivity index (χ0n) is 11.7. The fourth-order valence-electron chi connectivity index (χ4n) is 1.94. The molecular weight excluding hydrogens is 236 g/mol. The van der Waals surface area contributed by atoms with E-state index in [1.807, 2.05) is 11.9 Å². The summed E-state index contributed by atoms with van der Waals surface area (Å²) < 4.78 is 0. The molecule has 1 saturated carbocycles. The first-order chi connectivity index (χ1) is 7.25. The minimum atomic E-state index is 0. The van der Waals surface area contributed by atoms with Crippen LogP contribution in [0.4, 0.5) is 0 Å². The van der Waals surface area contributed by atoms with Crippen LogP contribution in [-0.2, 0) is 4.79 Å². The molecule has 0 aliphatic heterocycles. The molecule has 1 aliphatic rings. The van der Waals surface area contributed by atoms with Gasteiger partial charge in [0.2, 0.25) is 5.91 Å². The van der Waals surface area contributed by atoms with Crippen molar-refractivity contribution >= 4 is 18.3 Å². The molecule has 0 aromatic rings. The summed E-state index contributed by atoms with van der Waals surface area (Å²) in [6.45, 7) is 9.34. The van der Waals surface area contributed by atoms with E-state index >= 15 is 0 Å². The average molecular weight is 263 g/mol. The molecule has 0 aromatic carbocycles. The monoisotopic (exact) mass is 262 g/mol. The quantitative estimate of drug-likeness (QED) is 0.826. The molecule has 3 nitrogen and oxygen atoms in total. The smallest absolute Gasteiger partial charge is 0.225 e. The van der Waals surface area contributed by atoms with E-state index in [0.29, 0.717) is 11.8 Å². The maximum atomic E-state index is 12.0. The van der Waals surface area contributed by atoms with Crippen LogP contribution in [0.3, 0.4) is 0 Å². The van der Waals surface area contributed by atoms with Gasteiger partial charge < -0.3 is 10.6 Å². The number of carbonyl (C=O) groups excluding carboxylic acids is 1. The highest BCUT2D eigenvalue weighted by atomic mass is 35.5. The van der Waals surface area contributed by atoms with Crippen LogP contribution in [0.5, 0.6) is 0 Å². The fraction of sp³-hybridized carbons (Fsp3) is 0.923. The number of hydrogen-bond acceptors (Lipinski definition) is 2. The summed E-state index contributed by atoms with van der Waals surface area (Å²) in [5.41, 5.74) is 6.20. The molecule has 0 saturated heterocycles. The number of nitrogens with zero attached hydrogens (tertiary/aromatic N) is 1. The Morgan fingerprint density at radius 2 is 1.94 bits per heavy atom. The predicted octanol–water partition coefficient (Wildman–Crippen LogP) is 2.29. The normalized spacial score (nSPS) is 22.9. The van der Waals surface area contributed by atoms with Crippen molar-refractivity contribution in [1.29, 1.82) is 0 Å². The first-order valence-corrected chi connectivity index (χ1v) is 6.26. The van der Waals surface area contributed by atoms with Gasteiger partial charge in [0.25, 0.3) is 0 Å². The highest BCUT2D eigenvalue weighted by molar-refractivity contribution is 5.85. The molecule has 102 valence electrons. The van der Waals surface area contributed by atoms with Gasteiger partial charge >= 0.3 is 0 Å². The van der Waals surface area contributed by atoms with Crippen molar-refractivity contribution in [1.82, 2.24) is 4.90 Å². The lowest BCUT2D eigenvalue weighted by Crippen LogP contribution is -2.35. The van der Waals surface area contributed by atoms with Crippen molar-refractivity contribution in [2.24, 2.45) is 23.0 Å². The van der Waals surface area contributed by atoms with E-state index in [1.165, 1.54) is 0 Å². The van der Waals surface area contributed by atoms with Crippen molar-refractivity contribution in [3.63, 3.8) is 0 Å². The molecule has 1 fully saturated rings. The van der Waals surface area contributed by atoms with Crippen LogP contribution in [0.15, 0.2) is 0 Å². The predicted molar refractivity (Wildman–Crippen MR) is 74.2 cm³/mol. The molecule has 4 heteroatoms. The number of nitrogens with two attached hydrogens (primary N) is 1. The number of rotatable bonds is 5. The topological polar surface area (TPSA) is 46.3 Å². The van der Waals surface area contributed by atoms with Gasteiger partial charge in [0.05, 0.1) is 0 Å². The summed E-state index contributed by atoms with van der Waals surface area (Å²) in [5, 5.41) is 0. The van der Waals surface area contributed by atoms with Gasteiger partial charge in [-0.1, -0.05) is 27.7 Å². The van der Waals surface area contributed by atoms with E-state index in [4.69, 9.17) is 5.73 Å². The Kier molecular flexibility index (Phi) is 5.95. The summed E-state index contributed by atoms with van der Waals surface area (Å²) in [6, 6.07) is 0.197. The van der Waals surface area contributed by atoms with Crippen LogP contribution < -0.4 is 5.73 Å². The molecule has 0 aromatic heterocycles. The number of amides is 1. The highest BCUT2D eigenvalue weighted by Crippen LogP contribution is 2.52. The Morgan fingerprint density at radius 3 is 2.29 bits per heavy atom. The molecular formula is C13H27ClN2O. The Labute approximate surface area is 112 Å². The minimum Gasteiger partial charge on any atom is -0.345 e. The van der Waals surface area contributed by atoms with Gasteiger partial charge in [0, 0.05) is 25.6 Å². The van der Waals surface area contributed by atoms with E-state index in [1.54, 1.807) is 0 Å². The number of hydrogen-bond donors (Lipinski definition) is 1. The molecule has 2 atom stereocenters. The minimum absolute atomic E-state index is 0. The van der Waals surface area contributed by atoms with Gasteiger partial charge in [-0.25, -0.2) is 0 Å². The van der Waals surface area contributed by atoms with Gasteiger partial charge in [-0.05, 0) is 24.2 Å². The van der Waals surface area contributed by atoms with Crippen LogP contribution in [0.1, 0.15) is 40.5 Å². The molecule has 2 N–H and O–H groups in total. The average Bonchev–Trinajstić information content (AvgIpc) is 2.82. The van der Waals surface area contributed by atoms with E-state index in [-0.39, 0.29) is 29.8 Å². The molecule has 2 unspecified atom stereocenters. The summed E-state index contributed by atoms with van der Waals surface area (Å²) in [6.07, 6.45) is 1.93. The van der Waals surface area contributed by atoms with Gasteiger partial charge in [0.1, 0.15) is 0 Å². The van der Waals surface area contributed by atoms with Crippen molar-refractivity contribution in [2.45, 2.75) is 46.6 Å². The van der Waals surface area contributed by atoms with E-state index in [9.17, 15) is 4.79 Å². The van der Waals surface area contributed by atoms with Crippen molar-refractivity contribution < 1.29 is 4.79 Å². The standard InChI is InChI=1S/C13H26N2O.ClH/c1-9(2)11(14)6-7-15(5)12(16)10-8-13(10,3)4;/h9-11H,6-8,14H2,1-5H3;1H. The van der Waals surface area contributed by atoms with Crippen molar-refractivity contribution in [2.75, 3.05) is 13.6 Å². The van der Waals surface area contributed by atoms with Crippen LogP contribution in [0.25, 0.3) is 0 Å². The third-order valence-corrected chi connectivity index (χ3v) is 3.84. The third kappa shape index (κ3) is 4.47. The Bertz CT molecular complexity index is 266. The molecule has 1 rings (SSSR count). The van der Waals surface area contributed by atoms with Gasteiger partial charge in [-0.2, -0.15) is 0 Å². The summed E-state index contributed by atoms with van der Waals surface area (Å²) in [4.78, 5) is 13.8. The van der Waals surface area contributed by atoms with Gasteiger partial charge in [0.15, 0.2) is 0 Å². The number of carbonyl (C=O) groups is 1. The highest BCUT2D eigenvalue weighted by Gasteiger charge is 2.51. The van der Waals surface area contributed by atoms with Crippen LogP contribution in [0, 0.1) is 17.3 Å². The zero-order chi connectivity index (χ0) is 12.5.